The summed E-state index contributed by atoms with van der Waals surface area (Å²) >= 11 is 0. The van der Waals surface area contributed by atoms with Crippen LogP contribution in [0.3, 0.4) is 0 Å². The van der Waals surface area contributed by atoms with Crippen molar-refractivity contribution in [2.24, 2.45) is 23.2 Å². The predicted octanol–water partition coefficient (Wildman–Crippen LogP) is 3.17. The van der Waals surface area contributed by atoms with E-state index in [0.29, 0.717) is 0 Å². The molecule has 1 heterocycles. The summed E-state index contributed by atoms with van der Waals surface area (Å²) < 4.78 is 6.45. The number of carbonyl (C=O) groups is 2. The van der Waals surface area contributed by atoms with E-state index in [-0.39, 0.29) is 41.8 Å². The molecule has 4 saturated carbocycles. The average Bonchev–Trinajstić information content (AvgIpc) is 2.79. The van der Waals surface area contributed by atoms with Gasteiger partial charge in [0.05, 0.1) is 6.54 Å². The molecule has 4 bridgehead atoms. The molecule has 1 atom stereocenters. The highest BCUT2D eigenvalue weighted by Crippen LogP contribution is 2.61. The zero-order chi connectivity index (χ0) is 23.0. The maximum atomic E-state index is 12.6. The van der Waals surface area contributed by atoms with Crippen LogP contribution < -0.4 is 10.9 Å². The van der Waals surface area contributed by atoms with Crippen LogP contribution in [-0.2, 0) is 16.1 Å². The molecule has 6 rings (SSSR count). The summed E-state index contributed by atoms with van der Waals surface area (Å²) in [5, 5.41) is 7.24. The van der Waals surface area contributed by atoms with E-state index in [1.807, 2.05) is 30.3 Å². The van der Waals surface area contributed by atoms with Gasteiger partial charge in [0.2, 0.25) is 0 Å². The number of esters is 1. The monoisotopic (exact) mass is 449 g/mol. The molecule has 1 aromatic carbocycles. The molecule has 0 spiro atoms. The quantitative estimate of drug-likeness (QED) is 0.656. The Hall–Kier alpha value is -2.96. The number of benzene rings is 1. The van der Waals surface area contributed by atoms with Gasteiger partial charge in [-0.2, -0.15) is 5.10 Å². The maximum Gasteiger partial charge on any atom is 0.359 e. The van der Waals surface area contributed by atoms with Gasteiger partial charge in [-0.25, -0.2) is 9.48 Å². The Morgan fingerprint density at radius 1 is 1.06 bits per heavy atom. The van der Waals surface area contributed by atoms with Crippen LogP contribution in [0.4, 0.5) is 0 Å². The zero-order valence-corrected chi connectivity index (χ0v) is 19.0. The Bertz CT molecular complexity index is 1060. The van der Waals surface area contributed by atoms with E-state index in [2.05, 4.69) is 17.3 Å². The number of amides is 1. The van der Waals surface area contributed by atoms with Crippen LogP contribution in [0.5, 0.6) is 0 Å². The molecular formula is C26H31N3O4. The van der Waals surface area contributed by atoms with Gasteiger partial charge in [0.15, 0.2) is 12.3 Å². The second kappa shape index (κ2) is 8.76. The standard InChI is InChI=1S/C26H31N3O4/c1-17(26-12-19-9-20(13-26)11-21(10-19)14-26)27-23(30)16-33-25(32)22-7-8-24(31)29(28-22)15-18-5-3-2-4-6-18/h2-8,17,19-21H,9-16H2,1H3,(H,27,30)/t17-,19?,20?,21?,26?/m0/s1. The fraction of sp³-hybridized carbons (Fsp3) is 0.538. The average molecular weight is 450 g/mol. The molecule has 0 saturated heterocycles. The number of hydrogen-bond acceptors (Lipinski definition) is 5. The molecule has 0 unspecified atom stereocenters. The lowest BCUT2D eigenvalue weighted by Crippen LogP contribution is -2.56. The molecule has 174 valence electrons. The van der Waals surface area contributed by atoms with E-state index in [1.165, 1.54) is 55.3 Å². The number of ether oxygens (including phenoxy) is 1. The highest BCUT2D eigenvalue weighted by molar-refractivity contribution is 5.89. The third kappa shape index (κ3) is 4.59. The van der Waals surface area contributed by atoms with Gasteiger partial charge in [0, 0.05) is 12.1 Å². The lowest BCUT2D eigenvalue weighted by Gasteiger charge is -2.59. The van der Waals surface area contributed by atoms with Crippen molar-refractivity contribution < 1.29 is 14.3 Å². The molecule has 7 nitrogen and oxygen atoms in total. The van der Waals surface area contributed by atoms with Crippen LogP contribution in [-0.4, -0.2) is 34.3 Å². The number of aromatic nitrogens is 2. The van der Waals surface area contributed by atoms with Gasteiger partial charge in [-0.05, 0) is 80.2 Å². The molecule has 4 aliphatic carbocycles. The first-order valence-corrected chi connectivity index (χ1v) is 12.0. The Morgan fingerprint density at radius 2 is 1.70 bits per heavy atom. The van der Waals surface area contributed by atoms with Crippen molar-refractivity contribution in [2.75, 3.05) is 6.61 Å². The molecule has 4 fully saturated rings. The summed E-state index contributed by atoms with van der Waals surface area (Å²) in [6.07, 6.45) is 7.68. The molecule has 0 radical (unpaired) electrons. The number of nitrogens with one attached hydrogen (secondary N) is 1. The Labute approximate surface area is 193 Å². The lowest BCUT2D eigenvalue weighted by atomic mass is 9.48. The van der Waals surface area contributed by atoms with Gasteiger partial charge < -0.3 is 10.1 Å². The van der Waals surface area contributed by atoms with Crippen molar-refractivity contribution >= 4 is 11.9 Å². The fourth-order valence-corrected chi connectivity index (χ4v) is 6.78. The van der Waals surface area contributed by atoms with E-state index in [9.17, 15) is 14.4 Å². The van der Waals surface area contributed by atoms with Gasteiger partial charge in [0.1, 0.15) is 0 Å². The first-order chi connectivity index (χ1) is 15.9. The Kier molecular flexibility index (Phi) is 5.81. The largest absolute Gasteiger partial charge is 0.451 e. The second-order valence-electron chi connectivity index (χ2n) is 10.3. The lowest BCUT2D eigenvalue weighted by molar-refractivity contribution is -0.128. The summed E-state index contributed by atoms with van der Waals surface area (Å²) in [6.45, 7) is 2.01. The van der Waals surface area contributed by atoms with Gasteiger partial charge in [-0.1, -0.05) is 30.3 Å². The molecule has 33 heavy (non-hydrogen) atoms. The first kappa shape index (κ1) is 21.9. The Balaban J connectivity index is 1.17. The van der Waals surface area contributed by atoms with E-state index in [4.69, 9.17) is 4.74 Å². The highest BCUT2D eigenvalue weighted by Gasteiger charge is 2.53. The van der Waals surface area contributed by atoms with Crippen LogP contribution >= 0.6 is 0 Å². The summed E-state index contributed by atoms with van der Waals surface area (Å²) in [7, 11) is 0. The fourth-order valence-electron chi connectivity index (χ4n) is 6.78. The van der Waals surface area contributed by atoms with Gasteiger partial charge in [-0.15, -0.1) is 0 Å². The second-order valence-corrected chi connectivity index (χ2v) is 10.3. The minimum absolute atomic E-state index is 0.00691. The van der Waals surface area contributed by atoms with Crippen molar-refractivity contribution in [3.05, 3.63) is 64.1 Å². The van der Waals surface area contributed by atoms with Gasteiger partial charge >= 0.3 is 5.97 Å². The van der Waals surface area contributed by atoms with Crippen molar-refractivity contribution in [1.82, 2.24) is 15.1 Å². The van der Waals surface area contributed by atoms with Crippen LogP contribution in [0.25, 0.3) is 0 Å². The van der Waals surface area contributed by atoms with E-state index in [0.717, 1.165) is 23.3 Å². The zero-order valence-electron chi connectivity index (χ0n) is 19.0. The minimum Gasteiger partial charge on any atom is -0.451 e. The van der Waals surface area contributed by atoms with Crippen molar-refractivity contribution in [2.45, 2.75) is 58.0 Å². The first-order valence-electron chi connectivity index (χ1n) is 12.0. The molecule has 7 heteroatoms. The highest BCUT2D eigenvalue weighted by atomic mass is 16.5. The summed E-state index contributed by atoms with van der Waals surface area (Å²) in [5.41, 5.74) is 0.795. The third-order valence-corrected chi connectivity index (χ3v) is 7.97. The minimum atomic E-state index is -0.714. The summed E-state index contributed by atoms with van der Waals surface area (Å²) in [4.78, 5) is 37.2. The number of rotatable bonds is 7. The molecule has 1 amide bonds. The van der Waals surface area contributed by atoms with Crippen molar-refractivity contribution in [1.29, 1.82) is 0 Å². The SMILES string of the molecule is C[C@H](NC(=O)COC(=O)c1ccc(=O)n(Cc2ccccc2)n1)C12CC3CC(CC(C3)C1)C2. The topological polar surface area (TPSA) is 90.3 Å². The molecule has 4 aliphatic rings. The molecular weight excluding hydrogens is 418 g/mol. The van der Waals surface area contributed by atoms with Crippen LogP contribution in [0.1, 0.15) is 61.5 Å². The smallest absolute Gasteiger partial charge is 0.359 e. The molecule has 0 aliphatic heterocycles. The van der Waals surface area contributed by atoms with E-state index in [1.54, 1.807) is 0 Å². The predicted molar refractivity (Wildman–Crippen MR) is 123 cm³/mol. The van der Waals surface area contributed by atoms with Crippen LogP contribution in [0.2, 0.25) is 0 Å². The van der Waals surface area contributed by atoms with Crippen molar-refractivity contribution in [3.8, 4) is 0 Å². The van der Waals surface area contributed by atoms with Crippen LogP contribution in [0.15, 0.2) is 47.3 Å². The van der Waals surface area contributed by atoms with Gasteiger partial charge in [0.25, 0.3) is 11.5 Å². The summed E-state index contributed by atoms with van der Waals surface area (Å²) in [5.74, 6) is 1.43. The Morgan fingerprint density at radius 3 is 2.33 bits per heavy atom. The van der Waals surface area contributed by atoms with Gasteiger partial charge in [-0.3, -0.25) is 9.59 Å². The van der Waals surface area contributed by atoms with Crippen LogP contribution in [0, 0.1) is 23.2 Å². The van der Waals surface area contributed by atoms with Crippen molar-refractivity contribution in [3.63, 3.8) is 0 Å². The number of nitrogens with zero attached hydrogens (tertiary/aromatic N) is 2. The maximum absolute atomic E-state index is 12.6. The number of hydrogen-bond donors (Lipinski definition) is 1. The summed E-state index contributed by atoms with van der Waals surface area (Å²) in [6, 6.07) is 12.1. The number of carbonyl (C=O) groups excluding carboxylic acids is 2. The normalized spacial score (nSPS) is 28.3. The van der Waals surface area contributed by atoms with E-state index < -0.39 is 5.97 Å². The molecule has 1 aromatic heterocycles. The molecule has 1 N–H and O–H groups in total. The third-order valence-electron chi connectivity index (χ3n) is 7.97. The van der Waals surface area contributed by atoms with E-state index >= 15 is 0 Å². The molecule has 2 aromatic rings.